The molecular weight excluding hydrogens is 232 g/mol. The summed E-state index contributed by atoms with van der Waals surface area (Å²) in [4.78, 5) is 22.8. The third-order valence-electron chi connectivity index (χ3n) is 3.09. The molecular formula is C13H16N2O3. The van der Waals surface area contributed by atoms with Gasteiger partial charge in [0.25, 0.3) is 5.91 Å². The summed E-state index contributed by atoms with van der Waals surface area (Å²) < 4.78 is 0. The number of carboxylic acid groups (broad SMARTS) is 1. The van der Waals surface area contributed by atoms with Crippen molar-refractivity contribution in [1.29, 1.82) is 0 Å². The molecule has 18 heavy (non-hydrogen) atoms. The number of carbonyl (C=O) groups excluding carboxylic acids is 1. The molecule has 1 aromatic carbocycles. The summed E-state index contributed by atoms with van der Waals surface area (Å²) in [7, 11) is 0. The fourth-order valence-corrected chi connectivity index (χ4v) is 2.01. The Labute approximate surface area is 105 Å². The molecule has 1 aliphatic heterocycles. The number of aliphatic carboxylic acids is 1. The predicted octanol–water partition coefficient (Wildman–Crippen LogP) is 1.25. The van der Waals surface area contributed by atoms with Gasteiger partial charge in [0.05, 0.1) is 0 Å². The minimum atomic E-state index is -1.01. The van der Waals surface area contributed by atoms with Gasteiger partial charge in [0.1, 0.15) is 6.04 Å². The third-order valence-corrected chi connectivity index (χ3v) is 3.09. The number of anilines is 1. The maximum absolute atomic E-state index is 11.9. The molecule has 1 aliphatic rings. The van der Waals surface area contributed by atoms with E-state index in [0.29, 0.717) is 12.0 Å². The number of amides is 1. The number of rotatable bonds is 4. The van der Waals surface area contributed by atoms with Crippen LogP contribution in [-0.4, -0.2) is 29.6 Å². The summed E-state index contributed by atoms with van der Waals surface area (Å²) in [6.07, 6.45) is 1.33. The van der Waals surface area contributed by atoms with Crippen LogP contribution in [0.2, 0.25) is 0 Å². The van der Waals surface area contributed by atoms with Crippen molar-refractivity contribution in [3.05, 3.63) is 29.3 Å². The van der Waals surface area contributed by atoms with Crippen molar-refractivity contribution in [3.8, 4) is 0 Å². The van der Waals surface area contributed by atoms with Gasteiger partial charge in [-0.3, -0.25) is 4.79 Å². The van der Waals surface area contributed by atoms with Gasteiger partial charge in [0.2, 0.25) is 0 Å². The van der Waals surface area contributed by atoms with Gasteiger partial charge < -0.3 is 15.7 Å². The summed E-state index contributed by atoms with van der Waals surface area (Å²) in [5.74, 6) is -1.36. The molecule has 0 aromatic heterocycles. The molecule has 1 aromatic rings. The van der Waals surface area contributed by atoms with Gasteiger partial charge in [-0.15, -0.1) is 0 Å². The van der Waals surface area contributed by atoms with E-state index in [1.165, 1.54) is 5.56 Å². The number of hydrogen-bond acceptors (Lipinski definition) is 3. The van der Waals surface area contributed by atoms with Gasteiger partial charge in [0.15, 0.2) is 0 Å². The lowest BCUT2D eigenvalue weighted by atomic mass is 10.1. The second kappa shape index (κ2) is 5.08. The van der Waals surface area contributed by atoms with Crippen molar-refractivity contribution >= 4 is 17.6 Å². The van der Waals surface area contributed by atoms with E-state index in [2.05, 4.69) is 10.6 Å². The number of benzene rings is 1. The van der Waals surface area contributed by atoms with E-state index in [0.717, 1.165) is 18.7 Å². The molecule has 1 heterocycles. The summed E-state index contributed by atoms with van der Waals surface area (Å²) in [5, 5.41) is 14.6. The molecule has 1 atom stereocenters. The van der Waals surface area contributed by atoms with Crippen LogP contribution < -0.4 is 10.6 Å². The molecule has 1 amide bonds. The van der Waals surface area contributed by atoms with Gasteiger partial charge in [-0.25, -0.2) is 4.79 Å². The Morgan fingerprint density at radius 3 is 2.94 bits per heavy atom. The first-order chi connectivity index (χ1) is 8.61. The first-order valence-corrected chi connectivity index (χ1v) is 6.02. The minimum absolute atomic E-state index is 0.347. The summed E-state index contributed by atoms with van der Waals surface area (Å²) in [6.45, 7) is 2.61. The molecule has 0 bridgehead atoms. The highest BCUT2D eigenvalue weighted by Crippen LogP contribution is 2.23. The molecule has 0 saturated carbocycles. The molecule has 5 nitrogen and oxygen atoms in total. The first kappa shape index (κ1) is 12.4. The Morgan fingerprint density at radius 2 is 2.28 bits per heavy atom. The third kappa shape index (κ3) is 2.45. The van der Waals surface area contributed by atoms with Crippen LogP contribution >= 0.6 is 0 Å². The zero-order chi connectivity index (χ0) is 13.1. The Morgan fingerprint density at radius 1 is 1.50 bits per heavy atom. The lowest BCUT2D eigenvalue weighted by Gasteiger charge is -2.12. The van der Waals surface area contributed by atoms with Crippen molar-refractivity contribution in [2.75, 3.05) is 11.9 Å². The zero-order valence-corrected chi connectivity index (χ0v) is 10.2. The van der Waals surface area contributed by atoms with Crippen LogP contribution in [0.4, 0.5) is 5.69 Å². The zero-order valence-electron chi connectivity index (χ0n) is 10.2. The molecule has 0 aliphatic carbocycles. The smallest absolute Gasteiger partial charge is 0.326 e. The summed E-state index contributed by atoms with van der Waals surface area (Å²) in [5.41, 5.74) is 2.64. The van der Waals surface area contributed by atoms with Crippen molar-refractivity contribution in [2.45, 2.75) is 25.8 Å². The van der Waals surface area contributed by atoms with Crippen LogP contribution in [0, 0.1) is 0 Å². The minimum Gasteiger partial charge on any atom is -0.480 e. The second-order valence-electron chi connectivity index (χ2n) is 4.32. The summed E-state index contributed by atoms with van der Waals surface area (Å²) >= 11 is 0. The Bertz CT molecular complexity index is 485. The highest BCUT2D eigenvalue weighted by molar-refractivity contribution is 5.97. The summed E-state index contributed by atoms with van der Waals surface area (Å²) in [6, 6.07) is 4.58. The molecule has 0 saturated heterocycles. The van der Waals surface area contributed by atoms with Crippen molar-refractivity contribution in [2.24, 2.45) is 0 Å². The molecule has 5 heteroatoms. The average Bonchev–Trinajstić information content (AvgIpc) is 2.82. The maximum Gasteiger partial charge on any atom is 0.326 e. The fraction of sp³-hybridized carbons (Fsp3) is 0.385. The monoisotopic (exact) mass is 248 g/mol. The molecule has 0 radical (unpaired) electrons. The number of carboxylic acids is 1. The second-order valence-corrected chi connectivity index (χ2v) is 4.32. The Kier molecular flexibility index (Phi) is 3.50. The quantitative estimate of drug-likeness (QED) is 0.749. The number of fused-ring (bicyclic) bond motifs is 1. The van der Waals surface area contributed by atoms with Gasteiger partial charge >= 0.3 is 5.97 Å². The molecule has 0 fully saturated rings. The van der Waals surface area contributed by atoms with Crippen molar-refractivity contribution < 1.29 is 14.7 Å². The molecule has 96 valence electrons. The Hall–Kier alpha value is -2.04. The van der Waals surface area contributed by atoms with E-state index in [1.807, 2.05) is 6.07 Å². The van der Waals surface area contributed by atoms with Crippen LogP contribution in [0.15, 0.2) is 18.2 Å². The largest absolute Gasteiger partial charge is 0.480 e. The van der Waals surface area contributed by atoms with E-state index in [9.17, 15) is 9.59 Å². The van der Waals surface area contributed by atoms with Gasteiger partial charge in [0, 0.05) is 17.8 Å². The molecule has 3 N–H and O–H groups in total. The van der Waals surface area contributed by atoms with Crippen LogP contribution in [0.3, 0.4) is 0 Å². The SMILES string of the molecule is CC[C@@H](NC(=O)c1ccc2c(c1)NCC2)C(=O)O. The fourth-order valence-electron chi connectivity index (χ4n) is 2.01. The lowest BCUT2D eigenvalue weighted by Crippen LogP contribution is -2.40. The van der Waals surface area contributed by atoms with Gasteiger partial charge in [-0.1, -0.05) is 13.0 Å². The molecule has 0 unspecified atom stereocenters. The van der Waals surface area contributed by atoms with Gasteiger partial charge in [-0.05, 0) is 30.5 Å². The highest BCUT2D eigenvalue weighted by Gasteiger charge is 2.19. The predicted molar refractivity (Wildman–Crippen MR) is 67.8 cm³/mol. The van der Waals surface area contributed by atoms with Crippen molar-refractivity contribution in [3.63, 3.8) is 0 Å². The molecule has 0 spiro atoms. The normalized spacial score (nSPS) is 14.5. The van der Waals surface area contributed by atoms with Crippen LogP contribution in [0.5, 0.6) is 0 Å². The van der Waals surface area contributed by atoms with Gasteiger partial charge in [-0.2, -0.15) is 0 Å². The van der Waals surface area contributed by atoms with E-state index in [4.69, 9.17) is 5.11 Å². The number of carbonyl (C=O) groups is 2. The Balaban J connectivity index is 2.12. The highest BCUT2D eigenvalue weighted by atomic mass is 16.4. The molecule has 2 rings (SSSR count). The lowest BCUT2D eigenvalue weighted by molar-refractivity contribution is -0.139. The number of hydrogen-bond donors (Lipinski definition) is 3. The van der Waals surface area contributed by atoms with Crippen molar-refractivity contribution in [1.82, 2.24) is 5.32 Å². The topological polar surface area (TPSA) is 78.4 Å². The van der Waals surface area contributed by atoms with Crippen LogP contribution in [-0.2, 0) is 11.2 Å². The van der Waals surface area contributed by atoms with E-state index >= 15 is 0 Å². The number of nitrogens with one attached hydrogen (secondary N) is 2. The van der Waals surface area contributed by atoms with E-state index in [1.54, 1.807) is 19.1 Å². The van der Waals surface area contributed by atoms with E-state index in [-0.39, 0.29) is 5.91 Å². The maximum atomic E-state index is 11.9. The van der Waals surface area contributed by atoms with Crippen LogP contribution in [0.25, 0.3) is 0 Å². The first-order valence-electron chi connectivity index (χ1n) is 6.02. The standard InChI is InChI=1S/C13H16N2O3/c1-2-10(13(17)18)15-12(16)9-4-3-8-5-6-14-11(8)7-9/h3-4,7,10,14H,2,5-6H2,1H3,(H,15,16)(H,17,18)/t10-/m1/s1. The van der Waals surface area contributed by atoms with E-state index < -0.39 is 12.0 Å². The average molecular weight is 248 g/mol. The van der Waals surface area contributed by atoms with Crippen LogP contribution in [0.1, 0.15) is 29.3 Å².